The largest absolute Gasteiger partial charge is 0.316 e. The second kappa shape index (κ2) is 10.1. The molecule has 1 aliphatic rings. The van der Waals surface area contributed by atoms with E-state index in [0.717, 1.165) is 63.2 Å². The van der Waals surface area contributed by atoms with Gasteiger partial charge in [0.05, 0.1) is 6.20 Å². The van der Waals surface area contributed by atoms with E-state index in [4.69, 9.17) is 4.98 Å². The zero-order chi connectivity index (χ0) is 26.2. The predicted molar refractivity (Wildman–Crippen MR) is 155 cm³/mol. The first-order valence-electron chi connectivity index (χ1n) is 13.7. The van der Waals surface area contributed by atoms with Crippen LogP contribution in [0.1, 0.15) is 55.5 Å². The van der Waals surface area contributed by atoms with Gasteiger partial charge in [0, 0.05) is 29.1 Å². The van der Waals surface area contributed by atoms with Gasteiger partial charge in [0.25, 0.3) is 0 Å². The van der Waals surface area contributed by atoms with Crippen LogP contribution in [0.3, 0.4) is 0 Å². The third-order valence-electron chi connectivity index (χ3n) is 8.24. The van der Waals surface area contributed by atoms with E-state index in [-0.39, 0.29) is 5.78 Å². The van der Waals surface area contributed by atoms with Crippen molar-refractivity contribution in [3.05, 3.63) is 90.4 Å². The van der Waals surface area contributed by atoms with Crippen LogP contribution in [-0.2, 0) is 0 Å². The molecule has 2 aromatic heterocycles. The van der Waals surface area contributed by atoms with Gasteiger partial charge < -0.3 is 5.32 Å². The molecule has 0 spiro atoms. The Morgan fingerprint density at radius 3 is 2.45 bits per heavy atom. The summed E-state index contributed by atoms with van der Waals surface area (Å²) in [6, 6.07) is 21.0. The molecule has 1 N–H and O–H groups in total. The van der Waals surface area contributed by atoms with Crippen LogP contribution >= 0.6 is 0 Å². The molecule has 5 aromatic rings. The fourth-order valence-corrected chi connectivity index (χ4v) is 6.02. The van der Waals surface area contributed by atoms with Crippen molar-refractivity contribution in [2.24, 2.45) is 11.8 Å². The molecule has 1 unspecified atom stereocenters. The molecule has 0 amide bonds. The Labute approximate surface area is 223 Å². The number of rotatable bonds is 4. The van der Waals surface area contributed by atoms with Crippen LogP contribution in [0.2, 0.25) is 0 Å². The number of carbonyl (C=O) groups is 1. The van der Waals surface area contributed by atoms with Crippen molar-refractivity contribution in [1.82, 2.24) is 19.9 Å². The standard InChI is InChI=1S/C33H34N4O/c1-21-8-13-27(22(2)17-34-16-21)25-11-9-24(10-12-25)26-18-35-33-32(19-36-37(33)20-26)31-15-14-28(23(3)38)29-6-4-5-7-30(29)31/h4-7,9-12,14-15,18-22,27,34H,8,13,16-17H2,1-3H3/t21-,22-,27?/m1/s1. The summed E-state index contributed by atoms with van der Waals surface area (Å²) in [6.45, 7) is 8.52. The Hall–Kier alpha value is -3.83. The van der Waals surface area contributed by atoms with Gasteiger partial charge >= 0.3 is 0 Å². The number of nitrogens with one attached hydrogen (secondary N) is 1. The molecule has 192 valence electrons. The Morgan fingerprint density at radius 2 is 1.66 bits per heavy atom. The number of Topliss-reactive ketones (excluding diaryl/α,β-unsaturated/α-hetero) is 1. The number of hydrogen-bond acceptors (Lipinski definition) is 4. The number of nitrogens with zero attached hydrogens (tertiary/aromatic N) is 3. The van der Waals surface area contributed by atoms with Crippen molar-refractivity contribution in [2.75, 3.05) is 13.1 Å². The van der Waals surface area contributed by atoms with Crippen molar-refractivity contribution in [3.8, 4) is 22.3 Å². The zero-order valence-electron chi connectivity index (χ0n) is 22.3. The van der Waals surface area contributed by atoms with E-state index in [2.05, 4.69) is 60.8 Å². The number of fused-ring (bicyclic) bond motifs is 2. The minimum absolute atomic E-state index is 0.0663. The summed E-state index contributed by atoms with van der Waals surface area (Å²) in [5, 5.41) is 10.3. The van der Waals surface area contributed by atoms with Crippen molar-refractivity contribution in [3.63, 3.8) is 0 Å². The van der Waals surface area contributed by atoms with Crippen molar-refractivity contribution in [2.45, 2.75) is 39.5 Å². The van der Waals surface area contributed by atoms with Gasteiger partial charge in [-0.25, -0.2) is 9.50 Å². The van der Waals surface area contributed by atoms with Crippen LogP contribution in [0.25, 0.3) is 38.7 Å². The highest BCUT2D eigenvalue weighted by Gasteiger charge is 2.22. The number of hydrogen-bond donors (Lipinski definition) is 1. The normalized spacial score (nSPS) is 20.3. The number of ketones is 1. The Balaban J connectivity index is 1.32. The summed E-state index contributed by atoms with van der Waals surface area (Å²) in [4.78, 5) is 17.0. The second-order valence-electron chi connectivity index (χ2n) is 11.0. The molecule has 6 rings (SSSR count). The SMILES string of the molecule is CC(=O)c1ccc(-c2cnn3cc(-c4ccc(C5CC[C@@H](C)CNC[C@H]5C)cc4)cnc23)c2ccccc12. The fraction of sp³-hybridized carbons (Fsp3) is 0.303. The molecule has 1 fully saturated rings. The Kier molecular flexibility index (Phi) is 6.54. The van der Waals surface area contributed by atoms with E-state index in [1.807, 2.05) is 47.2 Å². The van der Waals surface area contributed by atoms with Gasteiger partial charge in [-0.2, -0.15) is 5.10 Å². The van der Waals surface area contributed by atoms with Gasteiger partial charge in [0.15, 0.2) is 11.4 Å². The highest BCUT2D eigenvalue weighted by molar-refractivity contribution is 6.11. The lowest BCUT2D eigenvalue weighted by atomic mass is 9.80. The number of carbonyl (C=O) groups excluding carboxylic acids is 1. The van der Waals surface area contributed by atoms with Crippen LogP contribution in [0, 0.1) is 11.8 Å². The summed E-state index contributed by atoms with van der Waals surface area (Å²) < 4.78 is 1.86. The van der Waals surface area contributed by atoms with E-state index in [1.165, 1.54) is 18.4 Å². The van der Waals surface area contributed by atoms with E-state index < -0.39 is 0 Å². The van der Waals surface area contributed by atoms with Crippen LogP contribution < -0.4 is 5.32 Å². The monoisotopic (exact) mass is 502 g/mol. The van der Waals surface area contributed by atoms with Gasteiger partial charge in [-0.1, -0.05) is 74.5 Å². The molecule has 1 aliphatic heterocycles. The van der Waals surface area contributed by atoms with Gasteiger partial charge in [0.1, 0.15) is 0 Å². The molecule has 3 heterocycles. The van der Waals surface area contributed by atoms with Gasteiger partial charge in [0.2, 0.25) is 0 Å². The molecule has 0 radical (unpaired) electrons. The lowest BCUT2D eigenvalue weighted by molar-refractivity contribution is 0.101. The quantitative estimate of drug-likeness (QED) is 0.265. The maximum atomic E-state index is 12.2. The number of benzene rings is 3. The van der Waals surface area contributed by atoms with E-state index >= 15 is 0 Å². The maximum Gasteiger partial charge on any atom is 0.162 e. The van der Waals surface area contributed by atoms with E-state index in [1.54, 1.807) is 6.92 Å². The summed E-state index contributed by atoms with van der Waals surface area (Å²) in [7, 11) is 0. The molecule has 38 heavy (non-hydrogen) atoms. The van der Waals surface area contributed by atoms with Crippen molar-refractivity contribution in [1.29, 1.82) is 0 Å². The molecule has 1 saturated heterocycles. The van der Waals surface area contributed by atoms with Crippen LogP contribution in [-0.4, -0.2) is 33.5 Å². The second-order valence-corrected chi connectivity index (χ2v) is 11.0. The average Bonchev–Trinajstić information content (AvgIpc) is 3.35. The topological polar surface area (TPSA) is 59.3 Å². The average molecular weight is 503 g/mol. The summed E-state index contributed by atoms with van der Waals surface area (Å²) >= 11 is 0. The molecular formula is C33H34N4O. The molecule has 0 bridgehead atoms. The van der Waals surface area contributed by atoms with Gasteiger partial charge in [-0.3, -0.25) is 4.79 Å². The zero-order valence-corrected chi connectivity index (χ0v) is 22.3. The fourth-order valence-electron chi connectivity index (χ4n) is 6.02. The molecule has 0 aliphatic carbocycles. The molecule has 5 nitrogen and oxygen atoms in total. The molecular weight excluding hydrogens is 468 g/mol. The lowest BCUT2D eigenvalue weighted by Crippen LogP contribution is -2.32. The highest BCUT2D eigenvalue weighted by atomic mass is 16.1. The first kappa shape index (κ1) is 24.5. The van der Waals surface area contributed by atoms with E-state index in [9.17, 15) is 4.79 Å². The van der Waals surface area contributed by atoms with Crippen LogP contribution in [0.4, 0.5) is 0 Å². The summed E-state index contributed by atoms with van der Waals surface area (Å²) in [5.74, 6) is 2.00. The first-order valence-corrected chi connectivity index (χ1v) is 13.7. The van der Waals surface area contributed by atoms with Crippen LogP contribution in [0.5, 0.6) is 0 Å². The number of aromatic nitrogens is 3. The Morgan fingerprint density at radius 1 is 0.868 bits per heavy atom. The minimum atomic E-state index is 0.0663. The van der Waals surface area contributed by atoms with Crippen molar-refractivity contribution < 1.29 is 4.79 Å². The van der Waals surface area contributed by atoms with Crippen molar-refractivity contribution >= 4 is 22.2 Å². The third-order valence-corrected chi connectivity index (χ3v) is 8.24. The summed E-state index contributed by atoms with van der Waals surface area (Å²) in [6.07, 6.45) is 8.37. The van der Waals surface area contributed by atoms with Crippen LogP contribution in [0.15, 0.2) is 79.3 Å². The minimum Gasteiger partial charge on any atom is -0.316 e. The maximum absolute atomic E-state index is 12.2. The molecule has 3 aromatic carbocycles. The lowest BCUT2D eigenvalue weighted by Gasteiger charge is -2.29. The highest BCUT2D eigenvalue weighted by Crippen LogP contribution is 2.35. The Bertz CT molecular complexity index is 1620. The predicted octanol–water partition coefficient (Wildman–Crippen LogP) is 7.16. The third kappa shape index (κ3) is 4.52. The summed E-state index contributed by atoms with van der Waals surface area (Å²) in [5.41, 5.74) is 7.13. The smallest absolute Gasteiger partial charge is 0.162 e. The first-order chi connectivity index (χ1) is 18.5. The van der Waals surface area contributed by atoms with Gasteiger partial charge in [-0.15, -0.1) is 0 Å². The van der Waals surface area contributed by atoms with E-state index in [0.29, 0.717) is 11.8 Å². The molecule has 0 saturated carbocycles. The molecule has 5 heteroatoms. The molecule has 3 atom stereocenters. The van der Waals surface area contributed by atoms with Gasteiger partial charge in [-0.05, 0) is 78.1 Å².